The zero-order valence-electron chi connectivity index (χ0n) is 13.6. The second-order valence-corrected chi connectivity index (χ2v) is 6.76. The molecule has 1 aliphatic heterocycles. The van der Waals surface area contributed by atoms with Crippen molar-refractivity contribution in [2.24, 2.45) is 23.5 Å². The highest BCUT2D eigenvalue weighted by Gasteiger charge is 2.42. The molecule has 0 aromatic carbocycles. The van der Waals surface area contributed by atoms with Gasteiger partial charge in [-0.05, 0) is 25.2 Å². The van der Waals surface area contributed by atoms with E-state index in [0.717, 1.165) is 12.8 Å². The number of hydrogen-bond acceptors (Lipinski definition) is 4. The van der Waals surface area contributed by atoms with E-state index in [1.54, 1.807) is 0 Å². The minimum atomic E-state index is -0.953. The van der Waals surface area contributed by atoms with Gasteiger partial charge >= 0.3 is 5.97 Å². The molecule has 5 atom stereocenters. The summed E-state index contributed by atoms with van der Waals surface area (Å²) in [5, 5.41) is 0. The van der Waals surface area contributed by atoms with Crippen LogP contribution in [0.25, 0.3) is 0 Å². The Morgan fingerprint density at radius 3 is 2.64 bits per heavy atom. The number of likely N-dealkylation sites (tertiary alicyclic amines) is 1. The van der Waals surface area contributed by atoms with Gasteiger partial charge in [-0.1, -0.05) is 26.7 Å². The average Bonchev–Trinajstić information content (AvgIpc) is 2.83. The molecule has 6 heteroatoms. The predicted octanol–water partition coefficient (Wildman–Crippen LogP) is 1.08. The van der Waals surface area contributed by atoms with E-state index in [-0.39, 0.29) is 18.4 Å². The van der Waals surface area contributed by atoms with Crippen molar-refractivity contribution < 1.29 is 19.1 Å². The van der Waals surface area contributed by atoms with Crippen LogP contribution in [0.1, 0.15) is 46.5 Å². The van der Waals surface area contributed by atoms with E-state index in [1.807, 2.05) is 4.90 Å². The Bertz CT molecular complexity index is 465. The summed E-state index contributed by atoms with van der Waals surface area (Å²) in [5.74, 6) is -0.620. The largest absolute Gasteiger partial charge is 0.452 e. The molecule has 0 aromatic rings. The van der Waals surface area contributed by atoms with Gasteiger partial charge in [0, 0.05) is 19.0 Å². The fourth-order valence-electron chi connectivity index (χ4n) is 3.53. The number of ether oxygens (including phenoxy) is 1. The highest BCUT2D eigenvalue weighted by molar-refractivity contribution is 5.88. The summed E-state index contributed by atoms with van der Waals surface area (Å²) < 4.78 is 5.04. The van der Waals surface area contributed by atoms with Crippen molar-refractivity contribution in [3.63, 3.8) is 0 Å². The standard InChI is InChI=1S/C16H26N2O4/c1-9-5-4-6-13(10(9)2)18-8-12(7-14(18)19)16(21)22-11(3)15(17)20/h9-13H,4-8H2,1-3H3,(H2,17,20)/t9-,10-,11+,12-,13+/m1/s1. The molecule has 0 radical (unpaired) electrons. The third-order valence-electron chi connectivity index (χ3n) is 5.25. The van der Waals surface area contributed by atoms with Gasteiger partial charge in [0.25, 0.3) is 5.91 Å². The number of amides is 2. The quantitative estimate of drug-likeness (QED) is 0.787. The minimum Gasteiger partial charge on any atom is -0.452 e. The van der Waals surface area contributed by atoms with Crippen molar-refractivity contribution in [1.82, 2.24) is 4.90 Å². The highest BCUT2D eigenvalue weighted by Crippen LogP contribution is 2.35. The number of esters is 1. The van der Waals surface area contributed by atoms with Gasteiger partial charge in [0.15, 0.2) is 6.10 Å². The summed E-state index contributed by atoms with van der Waals surface area (Å²) >= 11 is 0. The smallest absolute Gasteiger partial charge is 0.312 e. The molecule has 22 heavy (non-hydrogen) atoms. The Labute approximate surface area is 131 Å². The lowest BCUT2D eigenvalue weighted by molar-refractivity contribution is -0.157. The molecule has 2 rings (SSSR count). The van der Waals surface area contributed by atoms with Gasteiger partial charge in [-0.15, -0.1) is 0 Å². The fourth-order valence-corrected chi connectivity index (χ4v) is 3.53. The van der Waals surface area contributed by atoms with Crippen LogP contribution in [0.5, 0.6) is 0 Å². The summed E-state index contributed by atoms with van der Waals surface area (Å²) in [7, 11) is 0. The molecule has 2 N–H and O–H groups in total. The molecule has 0 bridgehead atoms. The number of hydrogen-bond donors (Lipinski definition) is 1. The highest BCUT2D eigenvalue weighted by atomic mass is 16.5. The van der Waals surface area contributed by atoms with Gasteiger partial charge in [-0.2, -0.15) is 0 Å². The fraction of sp³-hybridized carbons (Fsp3) is 0.812. The van der Waals surface area contributed by atoms with Crippen LogP contribution in [0.15, 0.2) is 0 Å². The van der Waals surface area contributed by atoms with Crippen molar-refractivity contribution in [1.29, 1.82) is 0 Å². The molecule has 1 heterocycles. The topological polar surface area (TPSA) is 89.7 Å². The van der Waals surface area contributed by atoms with E-state index in [2.05, 4.69) is 13.8 Å². The summed E-state index contributed by atoms with van der Waals surface area (Å²) in [6, 6.07) is 0.211. The molecule has 1 saturated heterocycles. The van der Waals surface area contributed by atoms with Crippen LogP contribution >= 0.6 is 0 Å². The van der Waals surface area contributed by atoms with Crippen molar-refractivity contribution in [3.8, 4) is 0 Å². The van der Waals surface area contributed by atoms with E-state index in [1.165, 1.54) is 13.3 Å². The van der Waals surface area contributed by atoms with Gasteiger partial charge in [0.1, 0.15) is 0 Å². The van der Waals surface area contributed by atoms with E-state index in [4.69, 9.17) is 10.5 Å². The average molecular weight is 310 g/mol. The van der Waals surface area contributed by atoms with Gasteiger partial charge in [-0.25, -0.2) is 0 Å². The zero-order valence-corrected chi connectivity index (χ0v) is 13.6. The summed E-state index contributed by atoms with van der Waals surface area (Å²) in [4.78, 5) is 37.2. The maximum Gasteiger partial charge on any atom is 0.312 e. The number of carbonyl (C=O) groups is 3. The second kappa shape index (κ2) is 6.67. The van der Waals surface area contributed by atoms with Crippen LogP contribution < -0.4 is 5.73 Å². The molecule has 124 valence electrons. The monoisotopic (exact) mass is 310 g/mol. The maximum atomic E-state index is 12.3. The number of carbonyl (C=O) groups excluding carboxylic acids is 3. The first kappa shape index (κ1) is 16.8. The Balaban J connectivity index is 1.98. The number of primary amides is 1. The molecule has 1 saturated carbocycles. The van der Waals surface area contributed by atoms with Gasteiger partial charge in [0.2, 0.25) is 5.91 Å². The summed E-state index contributed by atoms with van der Waals surface area (Å²) in [6.07, 6.45) is 2.53. The molecule has 0 spiro atoms. The normalized spacial score (nSPS) is 33.6. The van der Waals surface area contributed by atoms with Gasteiger partial charge in [0.05, 0.1) is 5.92 Å². The molecular formula is C16H26N2O4. The number of nitrogens with two attached hydrogens (primary N) is 1. The molecule has 6 nitrogen and oxygen atoms in total. The maximum absolute atomic E-state index is 12.3. The Hall–Kier alpha value is -1.59. The van der Waals surface area contributed by atoms with Gasteiger partial charge < -0.3 is 15.4 Å². The molecule has 0 aromatic heterocycles. The first-order valence-corrected chi connectivity index (χ1v) is 8.10. The number of rotatable bonds is 4. The van der Waals surface area contributed by atoms with Crippen LogP contribution in [-0.2, 0) is 19.1 Å². The minimum absolute atomic E-state index is 0.0135. The van der Waals surface area contributed by atoms with E-state index in [0.29, 0.717) is 18.4 Å². The van der Waals surface area contributed by atoms with E-state index in [9.17, 15) is 14.4 Å². The third-order valence-corrected chi connectivity index (χ3v) is 5.25. The van der Waals surface area contributed by atoms with Crippen LogP contribution in [-0.4, -0.2) is 41.4 Å². The Kier molecular flexibility index (Phi) is 5.08. The second-order valence-electron chi connectivity index (χ2n) is 6.76. The van der Waals surface area contributed by atoms with E-state index < -0.39 is 23.9 Å². The van der Waals surface area contributed by atoms with E-state index >= 15 is 0 Å². The molecular weight excluding hydrogens is 284 g/mol. The summed E-state index contributed by atoms with van der Waals surface area (Å²) in [5.41, 5.74) is 5.09. The Morgan fingerprint density at radius 1 is 1.32 bits per heavy atom. The lowest BCUT2D eigenvalue weighted by Crippen LogP contribution is -2.45. The molecule has 2 fully saturated rings. The van der Waals surface area contributed by atoms with Crippen molar-refractivity contribution in [2.75, 3.05) is 6.54 Å². The first-order chi connectivity index (χ1) is 10.3. The molecule has 1 aliphatic carbocycles. The first-order valence-electron chi connectivity index (χ1n) is 8.10. The summed E-state index contributed by atoms with van der Waals surface area (Å²) in [6.45, 7) is 6.24. The van der Waals surface area contributed by atoms with Crippen LogP contribution in [0, 0.1) is 17.8 Å². The van der Waals surface area contributed by atoms with Crippen LogP contribution in [0.2, 0.25) is 0 Å². The molecule has 2 aliphatic rings. The molecule has 0 unspecified atom stereocenters. The Morgan fingerprint density at radius 2 is 2.00 bits per heavy atom. The molecule has 2 amide bonds. The van der Waals surface area contributed by atoms with Crippen LogP contribution in [0.3, 0.4) is 0 Å². The van der Waals surface area contributed by atoms with Crippen LogP contribution in [0.4, 0.5) is 0 Å². The lowest BCUT2D eigenvalue weighted by Gasteiger charge is -2.39. The predicted molar refractivity (Wildman–Crippen MR) is 80.5 cm³/mol. The van der Waals surface area contributed by atoms with Crippen molar-refractivity contribution in [2.45, 2.75) is 58.6 Å². The lowest BCUT2D eigenvalue weighted by atomic mass is 9.77. The zero-order chi connectivity index (χ0) is 16.4. The van der Waals surface area contributed by atoms with Gasteiger partial charge in [-0.3, -0.25) is 14.4 Å². The van der Waals surface area contributed by atoms with Crippen molar-refractivity contribution in [3.05, 3.63) is 0 Å². The SMILES string of the molecule is C[C@@H]1[C@H](C)CCC[C@@H]1N1C[C@H](C(=O)O[C@@H](C)C(N)=O)CC1=O. The van der Waals surface area contributed by atoms with Crippen molar-refractivity contribution >= 4 is 17.8 Å². The third kappa shape index (κ3) is 3.42. The number of nitrogens with zero attached hydrogens (tertiary/aromatic N) is 1.